The summed E-state index contributed by atoms with van der Waals surface area (Å²) in [6.07, 6.45) is 3.02. The molecule has 0 spiro atoms. The molecule has 3 N–H and O–H groups in total. The monoisotopic (exact) mass is 368 g/mol. The van der Waals surface area contributed by atoms with Crippen LogP contribution < -0.4 is 11.1 Å². The third-order valence-corrected chi connectivity index (χ3v) is 4.43. The molecule has 9 heteroatoms. The van der Waals surface area contributed by atoms with Gasteiger partial charge in [-0.3, -0.25) is 24.6 Å². The van der Waals surface area contributed by atoms with Gasteiger partial charge in [0.2, 0.25) is 11.8 Å². The maximum absolute atomic E-state index is 12.2. The first-order valence-electron chi connectivity index (χ1n) is 8.09. The van der Waals surface area contributed by atoms with Crippen LogP contribution in [0.25, 0.3) is 0 Å². The lowest BCUT2D eigenvalue weighted by atomic mass is 9.93. The minimum atomic E-state index is -0.581. The van der Waals surface area contributed by atoms with Crippen molar-refractivity contribution < 1.29 is 14.5 Å². The lowest BCUT2D eigenvalue weighted by Gasteiger charge is -2.32. The molecule has 1 aliphatic rings. The van der Waals surface area contributed by atoms with Crippen molar-refractivity contribution in [3.05, 3.63) is 33.3 Å². The van der Waals surface area contributed by atoms with E-state index in [9.17, 15) is 19.7 Å². The number of nitrogens with one attached hydrogen (secondary N) is 1. The number of piperidine rings is 1. The highest BCUT2D eigenvalue weighted by Gasteiger charge is 2.23. The normalized spacial score (nSPS) is 17.9. The predicted octanol–water partition coefficient (Wildman–Crippen LogP) is 2.16. The summed E-state index contributed by atoms with van der Waals surface area (Å²) >= 11 is 5.76. The zero-order valence-electron chi connectivity index (χ0n) is 13.7. The zero-order chi connectivity index (χ0) is 18.4. The molecule has 0 aromatic heterocycles. The van der Waals surface area contributed by atoms with Crippen LogP contribution in [0.5, 0.6) is 0 Å². The molecule has 1 fully saturated rings. The molecule has 0 bridgehead atoms. The summed E-state index contributed by atoms with van der Waals surface area (Å²) in [5.74, 6) is -0.301. The summed E-state index contributed by atoms with van der Waals surface area (Å²) in [6.45, 7) is 1.64. The van der Waals surface area contributed by atoms with Crippen molar-refractivity contribution in [1.82, 2.24) is 4.90 Å². The van der Waals surface area contributed by atoms with Crippen LogP contribution in [0.4, 0.5) is 11.4 Å². The third-order valence-electron chi connectivity index (χ3n) is 4.20. The Labute approximate surface area is 150 Å². The molecular formula is C16H21ClN4O4. The van der Waals surface area contributed by atoms with Gasteiger partial charge in [0, 0.05) is 24.1 Å². The average Bonchev–Trinajstić information content (AvgIpc) is 2.54. The van der Waals surface area contributed by atoms with E-state index in [4.69, 9.17) is 17.3 Å². The van der Waals surface area contributed by atoms with E-state index in [0.29, 0.717) is 18.9 Å². The fourth-order valence-corrected chi connectivity index (χ4v) is 3.20. The Morgan fingerprint density at radius 1 is 1.44 bits per heavy atom. The van der Waals surface area contributed by atoms with Crippen molar-refractivity contribution >= 4 is 34.8 Å². The molecule has 136 valence electrons. The highest BCUT2D eigenvalue weighted by Crippen LogP contribution is 2.28. The molecule has 0 radical (unpaired) electrons. The van der Waals surface area contributed by atoms with Crippen LogP contribution in [0.3, 0.4) is 0 Å². The molecule has 2 amide bonds. The highest BCUT2D eigenvalue weighted by atomic mass is 35.5. The number of hydrogen-bond acceptors (Lipinski definition) is 5. The van der Waals surface area contributed by atoms with E-state index in [1.165, 1.54) is 18.2 Å². The lowest BCUT2D eigenvalue weighted by molar-refractivity contribution is -0.383. The SMILES string of the molecule is NC(=O)CCC1CCCN(CC(=O)Nc2ccc(Cl)cc2[N+](=O)[O-])C1. The van der Waals surface area contributed by atoms with Gasteiger partial charge >= 0.3 is 0 Å². The number of nitro benzene ring substituents is 1. The van der Waals surface area contributed by atoms with Crippen molar-refractivity contribution in [2.24, 2.45) is 11.7 Å². The zero-order valence-corrected chi connectivity index (χ0v) is 14.5. The van der Waals surface area contributed by atoms with E-state index in [2.05, 4.69) is 5.32 Å². The molecule has 1 aliphatic heterocycles. The number of nitro groups is 1. The number of hydrogen-bond donors (Lipinski definition) is 2. The van der Waals surface area contributed by atoms with Crippen molar-refractivity contribution in [1.29, 1.82) is 0 Å². The number of carbonyl (C=O) groups is 2. The average molecular weight is 369 g/mol. The van der Waals surface area contributed by atoms with E-state index in [-0.39, 0.29) is 34.8 Å². The molecule has 1 unspecified atom stereocenters. The summed E-state index contributed by atoms with van der Waals surface area (Å²) in [5, 5.41) is 13.9. The first kappa shape index (κ1) is 19.1. The number of benzene rings is 1. The van der Waals surface area contributed by atoms with Gasteiger partial charge in [0.05, 0.1) is 11.5 Å². The Balaban J connectivity index is 1.92. The van der Waals surface area contributed by atoms with Crippen molar-refractivity contribution in [3.63, 3.8) is 0 Å². The van der Waals surface area contributed by atoms with Crippen molar-refractivity contribution in [2.75, 3.05) is 25.0 Å². The molecule has 1 saturated heterocycles. The smallest absolute Gasteiger partial charge is 0.294 e. The number of nitrogens with zero attached hydrogens (tertiary/aromatic N) is 2. The van der Waals surface area contributed by atoms with E-state index in [0.717, 1.165) is 25.8 Å². The van der Waals surface area contributed by atoms with Gasteiger partial charge in [-0.2, -0.15) is 0 Å². The number of carbonyl (C=O) groups excluding carboxylic acids is 2. The van der Waals surface area contributed by atoms with Gasteiger partial charge in [-0.1, -0.05) is 11.6 Å². The van der Waals surface area contributed by atoms with Gasteiger partial charge in [0.15, 0.2) is 0 Å². The third kappa shape index (κ3) is 5.99. The Bertz CT molecular complexity index is 668. The minimum Gasteiger partial charge on any atom is -0.370 e. The summed E-state index contributed by atoms with van der Waals surface area (Å²) < 4.78 is 0. The maximum Gasteiger partial charge on any atom is 0.294 e. The molecule has 1 heterocycles. The topological polar surface area (TPSA) is 119 Å². The van der Waals surface area contributed by atoms with Gasteiger partial charge in [0.25, 0.3) is 5.69 Å². The molecule has 8 nitrogen and oxygen atoms in total. The second-order valence-corrected chi connectivity index (χ2v) is 6.65. The molecule has 2 rings (SSSR count). The van der Waals surface area contributed by atoms with Crippen LogP contribution in [-0.4, -0.2) is 41.3 Å². The molecule has 1 aromatic carbocycles. The second kappa shape index (κ2) is 8.77. The number of primary amides is 1. The maximum atomic E-state index is 12.2. The van der Waals surface area contributed by atoms with Gasteiger partial charge in [-0.25, -0.2) is 0 Å². The number of nitrogens with two attached hydrogens (primary N) is 1. The Hall–Kier alpha value is -2.19. The van der Waals surface area contributed by atoms with Gasteiger partial charge < -0.3 is 11.1 Å². The van der Waals surface area contributed by atoms with Crippen LogP contribution in [0, 0.1) is 16.0 Å². The fraction of sp³-hybridized carbons (Fsp3) is 0.500. The number of rotatable bonds is 7. The van der Waals surface area contributed by atoms with E-state index >= 15 is 0 Å². The molecule has 1 aromatic rings. The van der Waals surface area contributed by atoms with E-state index in [1.54, 1.807) is 0 Å². The number of anilines is 1. The van der Waals surface area contributed by atoms with Gasteiger partial charge in [0.1, 0.15) is 5.69 Å². The van der Waals surface area contributed by atoms with Crippen molar-refractivity contribution in [3.8, 4) is 0 Å². The summed E-state index contributed by atoms with van der Waals surface area (Å²) in [7, 11) is 0. The first-order valence-corrected chi connectivity index (χ1v) is 8.47. The highest BCUT2D eigenvalue weighted by molar-refractivity contribution is 6.31. The molecule has 0 aliphatic carbocycles. The number of likely N-dealkylation sites (tertiary alicyclic amines) is 1. The van der Waals surface area contributed by atoms with E-state index in [1.807, 2.05) is 4.90 Å². The Morgan fingerprint density at radius 2 is 2.20 bits per heavy atom. The minimum absolute atomic E-state index is 0.127. The summed E-state index contributed by atoms with van der Waals surface area (Å²) in [6, 6.07) is 4.12. The molecule has 25 heavy (non-hydrogen) atoms. The van der Waals surface area contributed by atoms with Crippen LogP contribution in [0.15, 0.2) is 18.2 Å². The molecule has 1 atom stereocenters. The molecule has 0 saturated carbocycles. The Kier molecular flexibility index (Phi) is 6.72. The molecular weight excluding hydrogens is 348 g/mol. The van der Waals surface area contributed by atoms with Gasteiger partial charge in [-0.15, -0.1) is 0 Å². The van der Waals surface area contributed by atoms with Crippen LogP contribution in [0.2, 0.25) is 5.02 Å². The lowest BCUT2D eigenvalue weighted by Crippen LogP contribution is -2.40. The van der Waals surface area contributed by atoms with E-state index < -0.39 is 4.92 Å². The standard InChI is InChI=1S/C16H21ClN4O4/c17-12-4-5-13(14(8-12)21(24)25)19-16(23)10-20-7-1-2-11(9-20)3-6-15(18)22/h4-5,8,11H,1-3,6-7,9-10H2,(H2,18,22)(H,19,23). The largest absolute Gasteiger partial charge is 0.370 e. The number of amides is 2. The van der Waals surface area contributed by atoms with Crippen LogP contribution in [-0.2, 0) is 9.59 Å². The van der Waals surface area contributed by atoms with Crippen LogP contribution in [0.1, 0.15) is 25.7 Å². The predicted molar refractivity (Wildman–Crippen MR) is 94.3 cm³/mol. The van der Waals surface area contributed by atoms with Crippen LogP contribution >= 0.6 is 11.6 Å². The first-order chi connectivity index (χ1) is 11.8. The second-order valence-electron chi connectivity index (χ2n) is 6.22. The van der Waals surface area contributed by atoms with Gasteiger partial charge in [-0.05, 0) is 43.9 Å². The number of halogens is 1. The summed E-state index contributed by atoms with van der Waals surface area (Å²) in [5.41, 5.74) is 5.07. The Morgan fingerprint density at radius 3 is 2.88 bits per heavy atom. The fourth-order valence-electron chi connectivity index (χ4n) is 3.03. The van der Waals surface area contributed by atoms with Crippen molar-refractivity contribution in [2.45, 2.75) is 25.7 Å². The quantitative estimate of drug-likeness (QED) is 0.564. The summed E-state index contributed by atoms with van der Waals surface area (Å²) in [4.78, 5) is 35.6.